The maximum atomic E-state index is 4.37. The molecule has 2 aromatic heterocycles. The third-order valence-corrected chi connectivity index (χ3v) is 4.12. The predicted molar refractivity (Wildman–Crippen MR) is 77.2 cm³/mol. The molecule has 1 saturated heterocycles. The Morgan fingerprint density at radius 1 is 1.37 bits per heavy atom. The van der Waals surface area contributed by atoms with E-state index in [1.54, 1.807) is 0 Å². The summed E-state index contributed by atoms with van der Waals surface area (Å²) in [6, 6.07) is 6.89. The molecular formula is C15H22N4. The van der Waals surface area contributed by atoms with Crippen molar-refractivity contribution in [2.45, 2.75) is 31.8 Å². The van der Waals surface area contributed by atoms with Crippen LogP contribution < -0.4 is 5.32 Å². The second-order valence-electron chi connectivity index (χ2n) is 5.46. The van der Waals surface area contributed by atoms with E-state index in [9.17, 15) is 0 Å². The van der Waals surface area contributed by atoms with E-state index in [0.717, 1.165) is 13.1 Å². The van der Waals surface area contributed by atoms with E-state index in [0.29, 0.717) is 6.04 Å². The smallest absolute Gasteiger partial charge is 0.0706 e. The first-order chi connectivity index (χ1) is 9.34. The van der Waals surface area contributed by atoms with Crippen molar-refractivity contribution in [2.24, 2.45) is 0 Å². The van der Waals surface area contributed by atoms with Gasteiger partial charge in [0.15, 0.2) is 0 Å². The lowest BCUT2D eigenvalue weighted by Gasteiger charge is -2.32. The Kier molecular flexibility index (Phi) is 3.80. The van der Waals surface area contributed by atoms with Crippen LogP contribution in [-0.4, -0.2) is 40.7 Å². The summed E-state index contributed by atoms with van der Waals surface area (Å²) in [5.74, 6) is 0. The number of hydrogen-bond acceptors (Lipinski definition) is 3. The fourth-order valence-electron chi connectivity index (χ4n) is 2.90. The first kappa shape index (κ1) is 12.6. The van der Waals surface area contributed by atoms with Crippen LogP contribution in [0.25, 0.3) is 5.52 Å². The first-order valence-corrected chi connectivity index (χ1v) is 7.17. The van der Waals surface area contributed by atoms with Crippen LogP contribution in [0.3, 0.4) is 0 Å². The topological polar surface area (TPSA) is 32.6 Å². The van der Waals surface area contributed by atoms with Gasteiger partial charge in [0, 0.05) is 30.9 Å². The Labute approximate surface area is 114 Å². The summed E-state index contributed by atoms with van der Waals surface area (Å²) < 4.78 is 1.93. The van der Waals surface area contributed by atoms with Crippen molar-refractivity contribution in [1.82, 2.24) is 19.8 Å². The number of likely N-dealkylation sites (N-methyl/N-ethyl adjacent to an activating group) is 1. The van der Waals surface area contributed by atoms with Crippen molar-refractivity contribution in [1.29, 1.82) is 0 Å². The normalized spacial score (nSPS) is 21.0. The van der Waals surface area contributed by atoms with Crippen molar-refractivity contribution >= 4 is 5.52 Å². The highest BCUT2D eigenvalue weighted by Gasteiger charge is 2.18. The molecule has 1 atom stereocenters. The zero-order valence-electron chi connectivity index (χ0n) is 11.5. The lowest BCUT2D eigenvalue weighted by Crippen LogP contribution is -2.42. The third kappa shape index (κ3) is 2.80. The van der Waals surface area contributed by atoms with Crippen LogP contribution in [0, 0.1) is 0 Å². The number of piperidine rings is 1. The minimum Gasteiger partial charge on any atom is -0.311 e. The monoisotopic (exact) mass is 258 g/mol. The number of nitrogens with one attached hydrogen (secondary N) is 1. The molecule has 0 radical (unpaired) electrons. The van der Waals surface area contributed by atoms with Gasteiger partial charge in [0.25, 0.3) is 0 Å². The number of rotatable bonds is 4. The fourth-order valence-corrected chi connectivity index (χ4v) is 2.90. The van der Waals surface area contributed by atoms with Crippen LogP contribution >= 0.6 is 0 Å². The van der Waals surface area contributed by atoms with E-state index in [-0.39, 0.29) is 0 Å². The van der Waals surface area contributed by atoms with E-state index in [1.807, 2.05) is 23.0 Å². The number of fused-ring (bicyclic) bond motifs is 1. The molecule has 1 unspecified atom stereocenters. The average molecular weight is 258 g/mol. The van der Waals surface area contributed by atoms with Gasteiger partial charge >= 0.3 is 0 Å². The molecule has 0 spiro atoms. The Bertz CT molecular complexity index is 534. The number of pyridine rings is 1. The SMILES string of the molecule is CN1CCCCC1CNCc1cnn2ccccc12. The summed E-state index contributed by atoms with van der Waals surface area (Å²) in [6.45, 7) is 3.21. The Morgan fingerprint density at radius 3 is 3.21 bits per heavy atom. The molecule has 1 fully saturated rings. The molecule has 3 heterocycles. The molecule has 1 N–H and O–H groups in total. The van der Waals surface area contributed by atoms with E-state index in [1.165, 1.54) is 36.9 Å². The Balaban J connectivity index is 1.57. The van der Waals surface area contributed by atoms with Gasteiger partial charge in [-0.2, -0.15) is 5.10 Å². The molecule has 0 bridgehead atoms. The lowest BCUT2D eigenvalue weighted by molar-refractivity contribution is 0.181. The van der Waals surface area contributed by atoms with Gasteiger partial charge in [0.1, 0.15) is 0 Å². The zero-order valence-corrected chi connectivity index (χ0v) is 11.5. The highest BCUT2D eigenvalue weighted by atomic mass is 15.2. The van der Waals surface area contributed by atoms with Crippen molar-refractivity contribution in [2.75, 3.05) is 20.1 Å². The van der Waals surface area contributed by atoms with E-state index in [2.05, 4.69) is 34.5 Å². The van der Waals surface area contributed by atoms with E-state index >= 15 is 0 Å². The summed E-state index contributed by atoms with van der Waals surface area (Å²) in [5, 5.41) is 7.95. The van der Waals surface area contributed by atoms with Gasteiger partial charge in [0.05, 0.1) is 11.7 Å². The summed E-state index contributed by atoms with van der Waals surface area (Å²) in [5.41, 5.74) is 2.48. The van der Waals surface area contributed by atoms with E-state index < -0.39 is 0 Å². The second kappa shape index (κ2) is 5.72. The Morgan fingerprint density at radius 2 is 2.32 bits per heavy atom. The molecule has 4 nitrogen and oxygen atoms in total. The maximum Gasteiger partial charge on any atom is 0.0706 e. The molecule has 0 saturated carbocycles. The van der Waals surface area contributed by atoms with Gasteiger partial charge in [-0.15, -0.1) is 0 Å². The minimum absolute atomic E-state index is 0.690. The van der Waals surface area contributed by atoms with Gasteiger partial charge in [-0.3, -0.25) is 0 Å². The van der Waals surface area contributed by atoms with Crippen molar-refractivity contribution in [3.8, 4) is 0 Å². The number of hydrogen-bond donors (Lipinski definition) is 1. The van der Waals surface area contributed by atoms with Gasteiger partial charge in [-0.1, -0.05) is 12.5 Å². The summed E-state index contributed by atoms with van der Waals surface area (Å²) >= 11 is 0. The molecule has 2 aromatic rings. The fraction of sp³-hybridized carbons (Fsp3) is 0.533. The van der Waals surface area contributed by atoms with Gasteiger partial charge < -0.3 is 10.2 Å². The largest absolute Gasteiger partial charge is 0.311 e. The van der Waals surface area contributed by atoms with Crippen LogP contribution in [0.15, 0.2) is 30.6 Å². The molecule has 0 amide bonds. The van der Waals surface area contributed by atoms with Crippen molar-refractivity contribution in [3.05, 3.63) is 36.2 Å². The summed E-state index contributed by atoms with van der Waals surface area (Å²) in [7, 11) is 2.24. The molecule has 4 heteroatoms. The second-order valence-corrected chi connectivity index (χ2v) is 5.46. The van der Waals surface area contributed by atoms with Crippen molar-refractivity contribution < 1.29 is 0 Å². The minimum atomic E-state index is 0.690. The number of aromatic nitrogens is 2. The van der Waals surface area contributed by atoms with Crippen LogP contribution in [-0.2, 0) is 6.54 Å². The molecular weight excluding hydrogens is 236 g/mol. The highest BCUT2D eigenvalue weighted by Crippen LogP contribution is 2.14. The molecule has 0 aliphatic carbocycles. The lowest BCUT2D eigenvalue weighted by atomic mass is 10.0. The molecule has 3 rings (SSSR count). The summed E-state index contributed by atoms with van der Waals surface area (Å²) in [6.07, 6.45) is 7.99. The maximum absolute atomic E-state index is 4.37. The third-order valence-electron chi connectivity index (χ3n) is 4.12. The van der Waals surface area contributed by atoms with Gasteiger partial charge in [0.2, 0.25) is 0 Å². The molecule has 1 aliphatic heterocycles. The average Bonchev–Trinajstić information content (AvgIpc) is 2.85. The molecule has 0 aromatic carbocycles. The molecule has 102 valence electrons. The van der Waals surface area contributed by atoms with E-state index in [4.69, 9.17) is 0 Å². The number of nitrogens with zero attached hydrogens (tertiary/aromatic N) is 3. The standard InChI is InChI=1S/C15H22N4/c1-18-8-4-2-6-14(18)12-16-10-13-11-17-19-9-5-3-7-15(13)19/h3,5,7,9,11,14,16H,2,4,6,8,10,12H2,1H3. The quantitative estimate of drug-likeness (QED) is 0.909. The van der Waals surface area contributed by atoms with Crippen LogP contribution in [0.1, 0.15) is 24.8 Å². The van der Waals surface area contributed by atoms with Crippen molar-refractivity contribution in [3.63, 3.8) is 0 Å². The number of likely N-dealkylation sites (tertiary alicyclic amines) is 1. The Hall–Kier alpha value is -1.39. The summed E-state index contributed by atoms with van der Waals surface area (Å²) in [4.78, 5) is 2.48. The molecule has 19 heavy (non-hydrogen) atoms. The predicted octanol–water partition coefficient (Wildman–Crippen LogP) is 1.91. The van der Waals surface area contributed by atoms with Gasteiger partial charge in [-0.05, 0) is 38.6 Å². The molecule has 1 aliphatic rings. The first-order valence-electron chi connectivity index (χ1n) is 7.17. The highest BCUT2D eigenvalue weighted by molar-refractivity contribution is 5.53. The van der Waals surface area contributed by atoms with Crippen LogP contribution in [0.5, 0.6) is 0 Å². The van der Waals surface area contributed by atoms with Gasteiger partial charge in [-0.25, -0.2) is 4.52 Å². The van der Waals surface area contributed by atoms with Crippen LogP contribution in [0.4, 0.5) is 0 Å². The van der Waals surface area contributed by atoms with Crippen LogP contribution in [0.2, 0.25) is 0 Å². The zero-order chi connectivity index (χ0) is 13.1.